The van der Waals surface area contributed by atoms with Gasteiger partial charge in [0.25, 0.3) is 0 Å². The number of nitrogens with two attached hydrogens (primary N) is 1. The quantitative estimate of drug-likeness (QED) is 0.484. The van der Waals surface area contributed by atoms with Gasteiger partial charge in [-0.3, -0.25) is 0 Å². The van der Waals surface area contributed by atoms with Crippen molar-refractivity contribution in [2.75, 3.05) is 19.0 Å². The SMILES string of the molecule is COc1ccc(C[C@H](NC(=O)Nc2ccc(Cl)cc2)c2nnn(CCN)n2)cc1.Cl. The fraction of sp³-hybridized carbons (Fsp3) is 0.263. The van der Waals surface area contributed by atoms with Crippen LogP contribution in [-0.4, -0.2) is 39.9 Å². The Morgan fingerprint density at radius 2 is 1.90 bits per heavy atom. The third kappa shape index (κ3) is 6.58. The number of hydrogen-bond donors (Lipinski definition) is 3. The number of rotatable bonds is 8. The number of aromatic nitrogens is 4. The molecule has 0 aliphatic rings. The van der Waals surface area contributed by atoms with Crippen LogP contribution in [0.2, 0.25) is 5.02 Å². The number of ether oxygens (including phenoxy) is 1. The van der Waals surface area contributed by atoms with E-state index in [1.165, 1.54) is 4.80 Å². The van der Waals surface area contributed by atoms with E-state index in [0.717, 1.165) is 11.3 Å². The Morgan fingerprint density at radius 1 is 1.20 bits per heavy atom. The average Bonchev–Trinajstić information content (AvgIpc) is 3.19. The van der Waals surface area contributed by atoms with Gasteiger partial charge in [-0.2, -0.15) is 4.80 Å². The molecule has 3 rings (SSSR count). The smallest absolute Gasteiger partial charge is 0.319 e. The summed E-state index contributed by atoms with van der Waals surface area (Å²) in [6, 6.07) is 13.5. The Bertz CT molecular complexity index is 933. The van der Waals surface area contributed by atoms with Gasteiger partial charge in [0, 0.05) is 23.7 Å². The maximum atomic E-state index is 12.5. The van der Waals surface area contributed by atoms with Crippen molar-refractivity contribution in [2.45, 2.75) is 19.0 Å². The molecule has 4 N–H and O–H groups in total. The van der Waals surface area contributed by atoms with E-state index in [2.05, 4.69) is 26.0 Å². The van der Waals surface area contributed by atoms with Gasteiger partial charge in [-0.25, -0.2) is 4.79 Å². The second-order valence-electron chi connectivity index (χ2n) is 6.24. The molecule has 11 heteroatoms. The number of benzene rings is 2. The summed E-state index contributed by atoms with van der Waals surface area (Å²) in [4.78, 5) is 13.9. The first kappa shape index (κ1) is 23.4. The molecule has 1 atom stereocenters. The fourth-order valence-corrected chi connectivity index (χ4v) is 2.79. The maximum absolute atomic E-state index is 12.5. The van der Waals surface area contributed by atoms with Crippen LogP contribution < -0.4 is 21.1 Å². The molecule has 0 spiro atoms. The van der Waals surface area contributed by atoms with E-state index in [0.29, 0.717) is 36.0 Å². The van der Waals surface area contributed by atoms with Gasteiger partial charge in [0.2, 0.25) is 0 Å². The first-order chi connectivity index (χ1) is 14.1. The minimum atomic E-state index is -0.484. The molecule has 0 aliphatic carbocycles. The van der Waals surface area contributed by atoms with E-state index in [1.54, 1.807) is 31.4 Å². The molecular weight excluding hydrogens is 429 g/mol. The molecule has 30 heavy (non-hydrogen) atoms. The van der Waals surface area contributed by atoms with Gasteiger partial charge in [0.15, 0.2) is 5.82 Å². The Hall–Kier alpha value is -2.88. The summed E-state index contributed by atoms with van der Waals surface area (Å²) in [5.41, 5.74) is 7.15. The highest BCUT2D eigenvalue weighted by atomic mass is 35.5. The number of halogens is 2. The number of tetrazole rings is 1. The second kappa shape index (κ2) is 11.3. The fourth-order valence-electron chi connectivity index (χ4n) is 2.67. The average molecular weight is 452 g/mol. The molecule has 0 radical (unpaired) electrons. The minimum Gasteiger partial charge on any atom is -0.497 e. The third-order valence-corrected chi connectivity index (χ3v) is 4.37. The molecule has 0 unspecified atom stereocenters. The van der Waals surface area contributed by atoms with E-state index in [1.807, 2.05) is 24.3 Å². The van der Waals surface area contributed by atoms with Crippen LogP contribution in [0.15, 0.2) is 48.5 Å². The zero-order valence-electron chi connectivity index (χ0n) is 16.3. The Kier molecular flexibility index (Phi) is 8.85. The van der Waals surface area contributed by atoms with Crippen molar-refractivity contribution in [3.63, 3.8) is 0 Å². The molecule has 0 bridgehead atoms. The van der Waals surface area contributed by atoms with Crippen LogP contribution >= 0.6 is 24.0 Å². The molecule has 0 aliphatic heterocycles. The van der Waals surface area contributed by atoms with Crippen LogP contribution in [0.25, 0.3) is 0 Å². The summed E-state index contributed by atoms with van der Waals surface area (Å²) < 4.78 is 5.19. The minimum absolute atomic E-state index is 0. The molecule has 3 aromatic rings. The molecule has 2 amide bonds. The highest BCUT2D eigenvalue weighted by Gasteiger charge is 2.21. The predicted molar refractivity (Wildman–Crippen MR) is 117 cm³/mol. The van der Waals surface area contributed by atoms with Crippen LogP contribution in [0.3, 0.4) is 0 Å². The number of amides is 2. The molecule has 1 heterocycles. The number of urea groups is 1. The number of nitrogens with zero attached hydrogens (tertiary/aromatic N) is 4. The van der Waals surface area contributed by atoms with Gasteiger partial charge in [-0.05, 0) is 47.2 Å². The highest BCUT2D eigenvalue weighted by Crippen LogP contribution is 2.19. The van der Waals surface area contributed by atoms with Crippen molar-refractivity contribution in [1.29, 1.82) is 0 Å². The van der Waals surface area contributed by atoms with E-state index >= 15 is 0 Å². The molecule has 0 saturated heterocycles. The zero-order valence-corrected chi connectivity index (χ0v) is 17.9. The Labute approximate surface area is 185 Å². The zero-order chi connectivity index (χ0) is 20.6. The van der Waals surface area contributed by atoms with Gasteiger partial charge in [-0.1, -0.05) is 23.7 Å². The number of carbonyl (C=O) groups excluding carboxylic acids is 1. The Morgan fingerprint density at radius 3 is 2.53 bits per heavy atom. The largest absolute Gasteiger partial charge is 0.497 e. The van der Waals surface area contributed by atoms with E-state index in [4.69, 9.17) is 22.1 Å². The standard InChI is InChI=1S/C19H22ClN7O2.ClH/c1-29-16-8-2-13(3-9-16)12-17(18-24-26-27(25-18)11-10-21)23-19(28)22-15-6-4-14(20)5-7-15;/h2-9,17H,10-12,21H2,1H3,(H2,22,23,28);1H/t17-;/m0./s1. The van der Waals surface area contributed by atoms with E-state index in [-0.39, 0.29) is 18.4 Å². The molecule has 0 saturated carbocycles. The van der Waals surface area contributed by atoms with Crippen LogP contribution in [-0.2, 0) is 13.0 Å². The lowest BCUT2D eigenvalue weighted by atomic mass is 10.1. The predicted octanol–water partition coefficient (Wildman–Crippen LogP) is 2.82. The molecule has 9 nitrogen and oxygen atoms in total. The summed E-state index contributed by atoms with van der Waals surface area (Å²) in [5, 5.41) is 18.7. The van der Waals surface area contributed by atoms with Crippen molar-refractivity contribution in [3.8, 4) is 5.75 Å². The van der Waals surface area contributed by atoms with Crippen LogP contribution in [0, 0.1) is 0 Å². The van der Waals surface area contributed by atoms with E-state index in [9.17, 15) is 4.79 Å². The van der Waals surface area contributed by atoms with Crippen molar-refractivity contribution < 1.29 is 9.53 Å². The van der Waals surface area contributed by atoms with Crippen LogP contribution in [0.5, 0.6) is 5.75 Å². The molecule has 2 aromatic carbocycles. The van der Waals surface area contributed by atoms with Crippen LogP contribution in [0.1, 0.15) is 17.4 Å². The van der Waals surface area contributed by atoms with Gasteiger partial charge >= 0.3 is 6.03 Å². The summed E-state index contributed by atoms with van der Waals surface area (Å²) in [6.45, 7) is 0.836. The third-order valence-electron chi connectivity index (χ3n) is 4.12. The molecule has 1 aromatic heterocycles. The number of hydrogen-bond acceptors (Lipinski definition) is 6. The number of anilines is 1. The first-order valence-corrected chi connectivity index (χ1v) is 9.39. The molecule has 160 valence electrons. The maximum Gasteiger partial charge on any atom is 0.319 e. The number of methoxy groups -OCH3 is 1. The topological polar surface area (TPSA) is 120 Å². The lowest BCUT2D eigenvalue weighted by molar-refractivity contribution is 0.248. The summed E-state index contributed by atoms with van der Waals surface area (Å²) >= 11 is 5.88. The van der Waals surface area contributed by atoms with E-state index < -0.39 is 6.04 Å². The van der Waals surface area contributed by atoms with Crippen molar-refractivity contribution >= 4 is 35.7 Å². The Balaban J connectivity index is 0.00000320. The number of carbonyl (C=O) groups is 1. The highest BCUT2D eigenvalue weighted by molar-refractivity contribution is 6.30. The second-order valence-corrected chi connectivity index (χ2v) is 6.68. The van der Waals surface area contributed by atoms with Crippen molar-refractivity contribution in [2.24, 2.45) is 5.73 Å². The number of nitrogens with one attached hydrogen (secondary N) is 2. The summed E-state index contributed by atoms with van der Waals surface area (Å²) in [5.74, 6) is 1.16. The monoisotopic (exact) mass is 451 g/mol. The van der Waals surface area contributed by atoms with Gasteiger partial charge in [0.1, 0.15) is 5.75 Å². The van der Waals surface area contributed by atoms with Gasteiger partial charge in [0.05, 0.1) is 19.7 Å². The molecular formula is C19H23Cl2N7O2. The summed E-state index contributed by atoms with van der Waals surface area (Å²) in [7, 11) is 1.61. The molecule has 0 fully saturated rings. The summed E-state index contributed by atoms with van der Waals surface area (Å²) in [6.07, 6.45) is 0.479. The van der Waals surface area contributed by atoms with Crippen molar-refractivity contribution in [1.82, 2.24) is 25.5 Å². The lowest BCUT2D eigenvalue weighted by Crippen LogP contribution is -2.34. The van der Waals surface area contributed by atoms with Gasteiger partial charge in [-0.15, -0.1) is 22.6 Å². The lowest BCUT2D eigenvalue weighted by Gasteiger charge is -2.16. The van der Waals surface area contributed by atoms with Crippen LogP contribution in [0.4, 0.5) is 10.5 Å². The van der Waals surface area contributed by atoms with Gasteiger partial charge < -0.3 is 21.1 Å². The first-order valence-electron chi connectivity index (χ1n) is 9.01. The van der Waals surface area contributed by atoms with Crippen molar-refractivity contribution in [3.05, 3.63) is 64.9 Å². The normalized spacial score (nSPS) is 11.3.